The van der Waals surface area contributed by atoms with E-state index in [-0.39, 0.29) is 5.56 Å². The van der Waals surface area contributed by atoms with Gasteiger partial charge in [0.1, 0.15) is 11.5 Å². The summed E-state index contributed by atoms with van der Waals surface area (Å²) < 4.78 is 40.1. The van der Waals surface area contributed by atoms with Gasteiger partial charge in [0.15, 0.2) is 0 Å². The smallest absolute Gasteiger partial charge is 0.398 e. The number of rotatable bonds is 2. The second kappa shape index (κ2) is 7.30. The van der Waals surface area contributed by atoms with Gasteiger partial charge in [0, 0.05) is 5.56 Å². The molecule has 27 heavy (non-hydrogen) atoms. The predicted molar refractivity (Wildman–Crippen MR) is 104 cm³/mol. The Kier molecular flexibility index (Phi) is 5.23. The van der Waals surface area contributed by atoms with Crippen molar-refractivity contribution < 1.29 is 18.1 Å². The van der Waals surface area contributed by atoms with Crippen molar-refractivity contribution in [3.05, 3.63) is 76.8 Å². The van der Waals surface area contributed by atoms with E-state index in [1.165, 1.54) is 24.3 Å². The van der Waals surface area contributed by atoms with E-state index in [9.17, 15) is 8.78 Å². The molecule has 0 radical (unpaired) electrons. The molecule has 1 aliphatic heterocycles. The maximum absolute atomic E-state index is 14.6. The Morgan fingerprint density at radius 1 is 0.963 bits per heavy atom. The van der Waals surface area contributed by atoms with Gasteiger partial charge in [-0.15, -0.1) is 0 Å². The van der Waals surface area contributed by atoms with Crippen LogP contribution in [0.2, 0.25) is 0 Å². The number of hydrogen-bond donors (Lipinski definition) is 0. The van der Waals surface area contributed by atoms with E-state index < -0.39 is 29.9 Å². The zero-order chi connectivity index (χ0) is 19.7. The highest BCUT2D eigenvalue weighted by Crippen LogP contribution is 2.39. The zero-order valence-electron chi connectivity index (χ0n) is 15.8. The Morgan fingerprint density at radius 3 is 2.22 bits per heavy atom. The third kappa shape index (κ3) is 4.29. The van der Waals surface area contributed by atoms with Crippen LogP contribution in [0.15, 0.2) is 54.3 Å². The van der Waals surface area contributed by atoms with Gasteiger partial charge in [-0.2, -0.15) is 0 Å². The summed E-state index contributed by atoms with van der Waals surface area (Å²) in [5, 5.41) is 0. The summed E-state index contributed by atoms with van der Waals surface area (Å²) in [4.78, 5) is 0. The van der Waals surface area contributed by atoms with E-state index >= 15 is 0 Å². The van der Waals surface area contributed by atoms with Gasteiger partial charge in [0.25, 0.3) is 0 Å². The minimum atomic E-state index is -1.08. The van der Waals surface area contributed by atoms with Gasteiger partial charge in [-0.25, -0.2) is 8.78 Å². The Labute approximate surface area is 159 Å². The lowest BCUT2D eigenvalue weighted by atomic mass is 9.86. The summed E-state index contributed by atoms with van der Waals surface area (Å²) in [7, 11) is -1.08. The second-order valence-electron chi connectivity index (χ2n) is 7.47. The van der Waals surface area contributed by atoms with Crippen molar-refractivity contribution in [2.45, 2.75) is 38.9 Å². The maximum atomic E-state index is 14.6. The number of halogens is 2. The van der Waals surface area contributed by atoms with E-state index in [1.54, 1.807) is 0 Å². The van der Waals surface area contributed by atoms with E-state index in [2.05, 4.69) is 11.8 Å². The molecule has 0 spiro atoms. The average Bonchev–Trinajstić information content (AvgIpc) is 2.84. The molecule has 0 amide bonds. The van der Waals surface area contributed by atoms with Gasteiger partial charge in [0.05, 0.1) is 16.8 Å². The topological polar surface area (TPSA) is 18.5 Å². The molecule has 5 heteroatoms. The van der Waals surface area contributed by atoms with E-state index in [0.717, 1.165) is 5.56 Å². The molecule has 1 saturated heterocycles. The monoisotopic (exact) mass is 366 g/mol. The van der Waals surface area contributed by atoms with E-state index in [0.29, 0.717) is 5.56 Å². The fourth-order valence-corrected chi connectivity index (χ4v) is 2.57. The molecule has 0 bridgehead atoms. The highest BCUT2D eigenvalue weighted by atomic mass is 19.1. The molecule has 0 aromatic heterocycles. The molecule has 1 heterocycles. The lowest BCUT2D eigenvalue weighted by Gasteiger charge is -2.32. The van der Waals surface area contributed by atoms with Gasteiger partial charge in [-0.3, -0.25) is 0 Å². The summed E-state index contributed by atoms with van der Waals surface area (Å²) in [6, 6.07) is 13.6. The molecule has 0 aliphatic carbocycles. The van der Waals surface area contributed by atoms with E-state index in [1.807, 2.05) is 58.0 Å². The third-order valence-corrected chi connectivity index (χ3v) is 4.89. The number of benzene rings is 2. The molecule has 2 aromatic rings. The van der Waals surface area contributed by atoms with Crippen molar-refractivity contribution in [3.8, 4) is 11.8 Å². The quantitative estimate of drug-likeness (QED) is 0.540. The molecule has 0 N–H and O–H groups in total. The minimum absolute atomic E-state index is 0.203. The SMILES string of the molecule is CC1(C)OB(C(F)=Cc2ccc(F)c(C#Cc3ccccc3)c2)OC1(C)C. The van der Waals surface area contributed by atoms with Gasteiger partial charge in [-0.1, -0.05) is 36.1 Å². The van der Waals surface area contributed by atoms with Crippen LogP contribution in [0.25, 0.3) is 6.08 Å². The van der Waals surface area contributed by atoms with Crippen LogP contribution >= 0.6 is 0 Å². The van der Waals surface area contributed by atoms with Gasteiger partial charge < -0.3 is 9.31 Å². The van der Waals surface area contributed by atoms with Crippen LogP contribution in [0.5, 0.6) is 0 Å². The second-order valence-corrected chi connectivity index (χ2v) is 7.47. The molecular formula is C22H21BF2O2. The van der Waals surface area contributed by atoms with Crippen molar-refractivity contribution >= 4 is 13.2 Å². The van der Waals surface area contributed by atoms with Crippen LogP contribution in [-0.2, 0) is 9.31 Å². The normalized spacial score (nSPS) is 18.1. The van der Waals surface area contributed by atoms with Crippen LogP contribution < -0.4 is 0 Å². The van der Waals surface area contributed by atoms with Crippen LogP contribution in [-0.4, -0.2) is 18.3 Å². The summed E-state index contributed by atoms with van der Waals surface area (Å²) >= 11 is 0. The third-order valence-electron chi connectivity index (χ3n) is 4.89. The first-order valence-corrected chi connectivity index (χ1v) is 8.77. The molecule has 3 rings (SSSR count). The Morgan fingerprint density at radius 2 is 1.59 bits per heavy atom. The highest BCUT2D eigenvalue weighted by Gasteiger charge is 2.53. The average molecular weight is 366 g/mol. The first-order chi connectivity index (χ1) is 12.7. The Hall–Kier alpha value is -2.42. The van der Waals surface area contributed by atoms with E-state index in [4.69, 9.17) is 9.31 Å². The van der Waals surface area contributed by atoms with Crippen molar-refractivity contribution in [1.82, 2.24) is 0 Å². The molecule has 2 aromatic carbocycles. The lowest BCUT2D eigenvalue weighted by molar-refractivity contribution is 0.00578. The molecule has 2 nitrogen and oxygen atoms in total. The summed E-state index contributed by atoms with van der Waals surface area (Å²) in [6.07, 6.45) is 1.29. The van der Waals surface area contributed by atoms with Gasteiger partial charge in [0.2, 0.25) is 0 Å². The fraction of sp³-hybridized carbons (Fsp3) is 0.273. The summed E-state index contributed by atoms with van der Waals surface area (Å²) in [5.74, 6) is 5.25. The van der Waals surface area contributed by atoms with Crippen molar-refractivity contribution in [2.75, 3.05) is 0 Å². The van der Waals surface area contributed by atoms with Crippen LogP contribution in [0.3, 0.4) is 0 Å². The predicted octanol–water partition coefficient (Wildman–Crippen LogP) is 5.17. The lowest BCUT2D eigenvalue weighted by Crippen LogP contribution is -2.41. The first kappa shape index (κ1) is 19.3. The fourth-order valence-electron chi connectivity index (χ4n) is 2.57. The number of hydrogen-bond acceptors (Lipinski definition) is 2. The summed E-state index contributed by atoms with van der Waals surface area (Å²) in [5.41, 5.74) is -0.352. The standard InChI is InChI=1S/C22H21BF2O2/c1-21(2)22(3,4)27-23(26-21)20(25)15-17-11-13-19(24)18(14-17)12-10-16-8-6-5-7-9-16/h5-9,11,13-15H,1-4H3. The van der Waals surface area contributed by atoms with Crippen molar-refractivity contribution in [2.24, 2.45) is 0 Å². The van der Waals surface area contributed by atoms with Crippen molar-refractivity contribution in [1.29, 1.82) is 0 Å². The van der Waals surface area contributed by atoms with Crippen LogP contribution in [0.4, 0.5) is 8.78 Å². The minimum Gasteiger partial charge on any atom is -0.398 e. The first-order valence-electron chi connectivity index (χ1n) is 8.77. The van der Waals surface area contributed by atoms with Crippen LogP contribution in [0, 0.1) is 17.7 Å². The van der Waals surface area contributed by atoms with Gasteiger partial charge in [-0.05, 0) is 63.6 Å². The molecule has 1 aliphatic rings. The molecule has 1 fully saturated rings. The molecule has 0 atom stereocenters. The highest BCUT2D eigenvalue weighted by molar-refractivity contribution is 6.54. The van der Waals surface area contributed by atoms with Crippen LogP contribution in [0.1, 0.15) is 44.4 Å². The summed E-state index contributed by atoms with van der Waals surface area (Å²) in [6.45, 7) is 7.43. The zero-order valence-corrected chi connectivity index (χ0v) is 15.8. The maximum Gasteiger partial charge on any atom is 0.525 e. The molecule has 138 valence electrons. The molecular weight excluding hydrogens is 345 g/mol. The van der Waals surface area contributed by atoms with Crippen molar-refractivity contribution in [3.63, 3.8) is 0 Å². The largest absolute Gasteiger partial charge is 0.525 e. The Balaban J connectivity index is 1.84. The van der Waals surface area contributed by atoms with Gasteiger partial charge >= 0.3 is 7.12 Å². The molecule has 0 saturated carbocycles. The Bertz CT molecular complexity index is 908. The molecule has 0 unspecified atom stereocenters.